The zero-order valence-electron chi connectivity index (χ0n) is 20.9. The van der Waals surface area contributed by atoms with Crippen molar-refractivity contribution in [2.24, 2.45) is 0 Å². The number of hydrogen-bond donors (Lipinski definition) is 0. The number of benzene rings is 4. The van der Waals surface area contributed by atoms with E-state index in [9.17, 15) is 4.79 Å². The summed E-state index contributed by atoms with van der Waals surface area (Å²) >= 11 is 0. The molecule has 0 N–H and O–H groups in total. The van der Waals surface area contributed by atoms with E-state index in [-0.39, 0.29) is 12.4 Å². The summed E-state index contributed by atoms with van der Waals surface area (Å²) in [5, 5.41) is 0. The number of rotatable bonds is 11. The molecular weight excluding hydrogens is 448 g/mol. The van der Waals surface area contributed by atoms with Crippen LogP contribution < -0.4 is 9.47 Å². The fourth-order valence-corrected chi connectivity index (χ4v) is 4.19. The van der Waals surface area contributed by atoms with Crippen LogP contribution >= 0.6 is 0 Å². The Kier molecular flexibility index (Phi) is 8.40. The molecule has 4 rings (SSSR count). The fraction of sp³-hybridized carbons (Fsp3) is 0.219. The molecule has 0 aliphatic rings. The van der Waals surface area contributed by atoms with Gasteiger partial charge in [0.25, 0.3) is 0 Å². The quantitative estimate of drug-likeness (QED) is 0.215. The molecule has 4 nitrogen and oxygen atoms in total. The SMILES string of the molecule is CCOC(=O)CC(C)(c1ccc(OCc2ccccc2)cc1)c1ccc(OCc2ccccc2)cc1. The van der Waals surface area contributed by atoms with Gasteiger partial charge in [-0.25, -0.2) is 0 Å². The Morgan fingerprint density at radius 3 is 1.44 bits per heavy atom. The van der Waals surface area contributed by atoms with Gasteiger partial charge in [0.05, 0.1) is 13.0 Å². The normalized spacial score (nSPS) is 11.1. The van der Waals surface area contributed by atoms with Crippen LogP contribution in [-0.2, 0) is 28.2 Å². The van der Waals surface area contributed by atoms with Crippen LogP contribution in [0.3, 0.4) is 0 Å². The van der Waals surface area contributed by atoms with Gasteiger partial charge in [-0.3, -0.25) is 4.79 Å². The summed E-state index contributed by atoms with van der Waals surface area (Å²) in [4.78, 5) is 12.6. The molecule has 184 valence electrons. The van der Waals surface area contributed by atoms with Crippen molar-refractivity contribution in [3.63, 3.8) is 0 Å². The maximum atomic E-state index is 12.6. The van der Waals surface area contributed by atoms with Gasteiger partial charge in [0.1, 0.15) is 24.7 Å². The number of ether oxygens (including phenoxy) is 3. The van der Waals surface area contributed by atoms with Crippen molar-refractivity contribution in [3.05, 3.63) is 131 Å². The van der Waals surface area contributed by atoms with Crippen LogP contribution in [0.15, 0.2) is 109 Å². The van der Waals surface area contributed by atoms with E-state index in [1.165, 1.54) is 0 Å². The van der Waals surface area contributed by atoms with E-state index in [4.69, 9.17) is 14.2 Å². The minimum absolute atomic E-state index is 0.228. The summed E-state index contributed by atoms with van der Waals surface area (Å²) in [5.41, 5.74) is 3.69. The van der Waals surface area contributed by atoms with Crippen molar-refractivity contribution < 1.29 is 19.0 Å². The van der Waals surface area contributed by atoms with Crippen molar-refractivity contribution in [3.8, 4) is 11.5 Å². The third-order valence-electron chi connectivity index (χ3n) is 6.28. The topological polar surface area (TPSA) is 44.8 Å². The van der Waals surface area contributed by atoms with E-state index in [2.05, 4.69) is 6.92 Å². The van der Waals surface area contributed by atoms with Crippen LogP contribution in [0.4, 0.5) is 0 Å². The summed E-state index contributed by atoms with van der Waals surface area (Å²) in [6.45, 7) is 5.26. The van der Waals surface area contributed by atoms with Gasteiger partial charge in [-0.1, -0.05) is 91.9 Å². The molecule has 0 saturated carbocycles. The summed E-state index contributed by atoms with van der Waals surface area (Å²) in [5.74, 6) is 1.34. The number of esters is 1. The number of hydrogen-bond acceptors (Lipinski definition) is 4. The summed E-state index contributed by atoms with van der Waals surface area (Å²) in [6.07, 6.45) is 0.231. The Bertz CT molecular complexity index is 1130. The van der Waals surface area contributed by atoms with E-state index < -0.39 is 5.41 Å². The molecule has 0 spiro atoms. The maximum Gasteiger partial charge on any atom is 0.307 e. The average Bonchev–Trinajstić information content (AvgIpc) is 2.92. The highest BCUT2D eigenvalue weighted by Crippen LogP contribution is 2.37. The molecule has 0 unspecified atom stereocenters. The van der Waals surface area contributed by atoms with Crippen molar-refractivity contribution >= 4 is 5.97 Å². The van der Waals surface area contributed by atoms with Crippen LogP contribution in [0, 0.1) is 0 Å². The summed E-state index contributed by atoms with van der Waals surface area (Å²) < 4.78 is 17.2. The number of carbonyl (C=O) groups is 1. The van der Waals surface area contributed by atoms with Crippen LogP contribution in [0.2, 0.25) is 0 Å². The monoisotopic (exact) mass is 480 g/mol. The third-order valence-corrected chi connectivity index (χ3v) is 6.28. The molecule has 0 radical (unpaired) electrons. The molecule has 4 aromatic carbocycles. The van der Waals surface area contributed by atoms with Gasteiger partial charge in [-0.15, -0.1) is 0 Å². The van der Waals surface area contributed by atoms with Crippen molar-refractivity contribution in [2.75, 3.05) is 6.61 Å². The molecule has 0 aliphatic heterocycles. The van der Waals surface area contributed by atoms with Gasteiger partial charge in [-0.2, -0.15) is 0 Å². The standard InChI is InChI=1S/C32H32O4/c1-3-34-31(33)22-32(2,27-14-18-29(19-15-27)35-23-25-10-6-4-7-11-25)28-16-20-30(21-17-28)36-24-26-12-8-5-9-13-26/h4-21H,3,22-24H2,1-2H3. The minimum atomic E-state index is -0.567. The molecule has 4 aromatic rings. The molecule has 0 saturated heterocycles. The first-order valence-electron chi connectivity index (χ1n) is 12.3. The van der Waals surface area contributed by atoms with Crippen LogP contribution in [0.25, 0.3) is 0 Å². The Morgan fingerprint density at radius 1 is 0.639 bits per heavy atom. The Labute approximate surface area is 213 Å². The first kappa shape index (κ1) is 25.1. The van der Waals surface area contributed by atoms with Gasteiger partial charge < -0.3 is 14.2 Å². The van der Waals surface area contributed by atoms with E-state index in [0.717, 1.165) is 33.8 Å². The lowest BCUT2D eigenvalue weighted by Gasteiger charge is -2.30. The molecule has 0 atom stereocenters. The van der Waals surface area contributed by atoms with Crippen molar-refractivity contribution in [1.82, 2.24) is 0 Å². The Morgan fingerprint density at radius 2 is 1.06 bits per heavy atom. The molecule has 0 aliphatic carbocycles. The van der Waals surface area contributed by atoms with E-state index in [0.29, 0.717) is 19.8 Å². The fourth-order valence-electron chi connectivity index (χ4n) is 4.19. The molecule has 0 fully saturated rings. The Balaban J connectivity index is 1.51. The lowest BCUT2D eigenvalue weighted by Crippen LogP contribution is -2.28. The first-order valence-corrected chi connectivity index (χ1v) is 12.3. The second-order valence-corrected chi connectivity index (χ2v) is 8.91. The van der Waals surface area contributed by atoms with E-state index >= 15 is 0 Å². The number of carbonyl (C=O) groups excluding carboxylic acids is 1. The van der Waals surface area contributed by atoms with Crippen molar-refractivity contribution in [1.29, 1.82) is 0 Å². The van der Waals surface area contributed by atoms with Crippen molar-refractivity contribution in [2.45, 2.75) is 38.9 Å². The van der Waals surface area contributed by atoms with Crippen LogP contribution in [-0.4, -0.2) is 12.6 Å². The van der Waals surface area contributed by atoms with E-state index in [1.54, 1.807) is 0 Å². The highest BCUT2D eigenvalue weighted by atomic mass is 16.5. The minimum Gasteiger partial charge on any atom is -0.489 e. The maximum absolute atomic E-state index is 12.6. The predicted octanol–water partition coefficient (Wildman–Crippen LogP) is 7.10. The van der Waals surface area contributed by atoms with Crippen LogP contribution in [0.1, 0.15) is 42.5 Å². The molecule has 0 bridgehead atoms. The smallest absolute Gasteiger partial charge is 0.307 e. The van der Waals surface area contributed by atoms with Gasteiger partial charge in [0.15, 0.2) is 0 Å². The second kappa shape index (κ2) is 12.1. The molecule has 0 aromatic heterocycles. The predicted molar refractivity (Wildman–Crippen MR) is 142 cm³/mol. The molecule has 4 heteroatoms. The lowest BCUT2D eigenvalue weighted by atomic mass is 9.73. The molecule has 0 amide bonds. The summed E-state index contributed by atoms with van der Waals surface area (Å²) in [6, 6.07) is 36.1. The van der Waals surface area contributed by atoms with Gasteiger partial charge in [0, 0.05) is 5.41 Å². The average molecular weight is 481 g/mol. The zero-order chi connectivity index (χ0) is 25.2. The second-order valence-electron chi connectivity index (χ2n) is 8.91. The van der Waals surface area contributed by atoms with Gasteiger partial charge >= 0.3 is 5.97 Å². The largest absolute Gasteiger partial charge is 0.489 e. The lowest BCUT2D eigenvalue weighted by molar-refractivity contribution is -0.144. The highest BCUT2D eigenvalue weighted by molar-refractivity contribution is 5.72. The van der Waals surface area contributed by atoms with Gasteiger partial charge in [0.2, 0.25) is 0 Å². The first-order chi connectivity index (χ1) is 17.6. The molecule has 0 heterocycles. The highest BCUT2D eigenvalue weighted by Gasteiger charge is 2.32. The van der Waals surface area contributed by atoms with E-state index in [1.807, 2.05) is 116 Å². The Hall–Kier alpha value is -4.05. The zero-order valence-corrected chi connectivity index (χ0v) is 20.9. The van der Waals surface area contributed by atoms with Gasteiger partial charge in [-0.05, 0) is 53.4 Å². The third kappa shape index (κ3) is 6.54. The summed E-state index contributed by atoms with van der Waals surface area (Å²) in [7, 11) is 0. The molecule has 36 heavy (non-hydrogen) atoms. The van der Waals surface area contributed by atoms with Crippen LogP contribution in [0.5, 0.6) is 11.5 Å². The molecular formula is C32H32O4.